The molecule has 0 fully saturated rings. The van der Waals surface area contributed by atoms with E-state index in [1.54, 1.807) is 0 Å². The van der Waals surface area contributed by atoms with Crippen molar-refractivity contribution in [1.82, 2.24) is 0 Å². The summed E-state index contributed by atoms with van der Waals surface area (Å²) in [5, 5.41) is 9.20. The minimum Gasteiger partial charge on any atom is -0.384 e. The summed E-state index contributed by atoms with van der Waals surface area (Å²) < 4.78 is 0. The summed E-state index contributed by atoms with van der Waals surface area (Å²) in [7, 11) is 0. The average molecular weight is 312 g/mol. The molecule has 0 rings (SSSR count). The van der Waals surface area contributed by atoms with E-state index in [1.807, 2.05) is 6.08 Å². The summed E-state index contributed by atoms with van der Waals surface area (Å²) in [5.74, 6) is -0.276. The van der Waals surface area contributed by atoms with E-state index < -0.39 is 6.10 Å². The fraction of sp³-hybridized carbons (Fsp3) is 0.842. The van der Waals surface area contributed by atoms with Gasteiger partial charge in [0.15, 0.2) is 5.78 Å². The first kappa shape index (κ1) is 21.3. The van der Waals surface area contributed by atoms with Gasteiger partial charge in [-0.1, -0.05) is 83.6 Å². The quantitative estimate of drug-likeness (QED) is 0.325. The molecule has 0 aliphatic carbocycles. The van der Waals surface area contributed by atoms with Gasteiger partial charge < -0.3 is 10.8 Å². The molecular formula is C19H37NO2. The van der Waals surface area contributed by atoms with Gasteiger partial charge in [0.25, 0.3) is 0 Å². The maximum atomic E-state index is 11.3. The molecule has 0 aromatic rings. The van der Waals surface area contributed by atoms with Gasteiger partial charge in [-0.25, -0.2) is 0 Å². The normalized spacial score (nSPS) is 12.9. The molecule has 22 heavy (non-hydrogen) atoms. The molecule has 3 N–H and O–H groups in total. The van der Waals surface area contributed by atoms with Gasteiger partial charge in [0.05, 0.1) is 0 Å². The molecule has 0 spiro atoms. The van der Waals surface area contributed by atoms with Crippen LogP contribution in [-0.2, 0) is 4.79 Å². The number of nitrogens with two attached hydrogens (primary N) is 1. The fourth-order valence-electron chi connectivity index (χ4n) is 2.53. The van der Waals surface area contributed by atoms with E-state index in [1.165, 1.54) is 76.7 Å². The molecule has 0 bridgehead atoms. The van der Waals surface area contributed by atoms with Crippen LogP contribution in [0.2, 0.25) is 0 Å². The Morgan fingerprint density at radius 1 is 0.909 bits per heavy atom. The highest BCUT2D eigenvalue weighted by Crippen LogP contribution is 2.12. The van der Waals surface area contributed by atoms with Crippen LogP contribution in [-0.4, -0.2) is 23.5 Å². The minimum absolute atomic E-state index is 0.00176. The molecule has 3 heteroatoms. The number of hydrogen-bond acceptors (Lipinski definition) is 3. The van der Waals surface area contributed by atoms with Crippen molar-refractivity contribution in [3.05, 3.63) is 12.2 Å². The molecule has 0 aromatic heterocycles. The van der Waals surface area contributed by atoms with Gasteiger partial charge in [0.2, 0.25) is 0 Å². The van der Waals surface area contributed by atoms with Crippen molar-refractivity contribution in [3.63, 3.8) is 0 Å². The van der Waals surface area contributed by atoms with E-state index in [0.717, 1.165) is 12.8 Å². The van der Waals surface area contributed by atoms with E-state index in [2.05, 4.69) is 6.92 Å². The van der Waals surface area contributed by atoms with Crippen molar-refractivity contribution in [2.75, 3.05) is 6.54 Å². The molecule has 0 aliphatic heterocycles. The summed E-state index contributed by atoms with van der Waals surface area (Å²) in [6.07, 6.45) is 19.3. The smallest absolute Gasteiger partial charge is 0.185 e. The van der Waals surface area contributed by atoms with Crippen molar-refractivity contribution >= 4 is 5.78 Å². The van der Waals surface area contributed by atoms with Crippen LogP contribution in [0.15, 0.2) is 12.2 Å². The second-order valence-electron chi connectivity index (χ2n) is 6.23. The van der Waals surface area contributed by atoms with Gasteiger partial charge in [0.1, 0.15) is 6.10 Å². The Morgan fingerprint density at radius 3 is 1.82 bits per heavy atom. The monoisotopic (exact) mass is 311 g/mol. The summed E-state index contributed by atoms with van der Waals surface area (Å²) in [5.41, 5.74) is 5.22. The molecule has 1 unspecified atom stereocenters. The second-order valence-corrected chi connectivity index (χ2v) is 6.23. The van der Waals surface area contributed by atoms with E-state index in [4.69, 9.17) is 5.73 Å². The van der Waals surface area contributed by atoms with Crippen LogP contribution in [0.5, 0.6) is 0 Å². The molecule has 0 amide bonds. The summed E-state index contributed by atoms with van der Waals surface area (Å²) in [6, 6.07) is 0. The standard InChI is InChI=1S/C19H37NO2/c1-2-3-4-5-6-7-8-9-10-11-12-13-14-15-16-18(21)19(22)17-20/h15-16,19,22H,2-14,17,20H2,1H3. The minimum atomic E-state index is -1.03. The lowest BCUT2D eigenvalue weighted by atomic mass is 10.0. The number of carbonyl (C=O) groups excluding carboxylic acids is 1. The summed E-state index contributed by atoms with van der Waals surface area (Å²) >= 11 is 0. The average Bonchev–Trinajstić information content (AvgIpc) is 2.54. The lowest BCUT2D eigenvalue weighted by Gasteiger charge is -2.02. The zero-order chi connectivity index (χ0) is 16.5. The number of aliphatic hydroxyl groups excluding tert-OH is 1. The Kier molecular flexibility index (Phi) is 16.2. The van der Waals surface area contributed by atoms with Crippen LogP contribution >= 0.6 is 0 Å². The molecule has 3 nitrogen and oxygen atoms in total. The number of unbranched alkanes of at least 4 members (excludes halogenated alkanes) is 12. The lowest BCUT2D eigenvalue weighted by molar-refractivity contribution is -0.121. The first-order valence-corrected chi connectivity index (χ1v) is 9.30. The number of hydrogen-bond donors (Lipinski definition) is 2. The second kappa shape index (κ2) is 16.7. The molecule has 0 radical (unpaired) electrons. The van der Waals surface area contributed by atoms with Crippen molar-refractivity contribution in [3.8, 4) is 0 Å². The van der Waals surface area contributed by atoms with E-state index in [0.29, 0.717) is 0 Å². The van der Waals surface area contributed by atoms with Gasteiger partial charge >= 0.3 is 0 Å². The Bertz CT molecular complexity index is 277. The molecule has 0 saturated heterocycles. The van der Waals surface area contributed by atoms with Gasteiger partial charge in [-0.3, -0.25) is 4.79 Å². The topological polar surface area (TPSA) is 63.3 Å². The van der Waals surface area contributed by atoms with Crippen LogP contribution in [0, 0.1) is 0 Å². The largest absolute Gasteiger partial charge is 0.384 e. The third-order valence-electron chi connectivity index (χ3n) is 4.06. The number of ketones is 1. The van der Waals surface area contributed by atoms with Gasteiger partial charge in [0, 0.05) is 6.54 Å². The summed E-state index contributed by atoms with van der Waals surface area (Å²) in [4.78, 5) is 11.3. The highest BCUT2D eigenvalue weighted by atomic mass is 16.3. The van der Waals surface area contributed by atoms with E-state index in [-0.39, 0.29) is 12.3 Å². The van der Waals surface area contributed by atoms with E-state index in [9.17, 15) is 9.90 Å². The van der Waals surface area contributed by atoms with Crippen molar-refractivity contribution in [2.45, 2.75) is 96.5 Å². The first-order valence-electron chi connectivity index (χ1n) is 9.30. The van der Waals surface area contributed by atoms with Crippen molar-refractivity contribution in [1.29, 1.82) is 0 Å². The molecule has 130 valence electrons. The zero-order valence-corrected chi connectivity index (χ0v) is 14.6. The first-order chi connectivity index (χ1) is 10.7. The third-order valence-corrected chi connectivity index (χ3v) is 4.06. The third kappa shape index (κ3) is 14.3. The zero-order valence-electron chi connectivity index (χ0n) is 14.6. The highest BCUT2D eigenvalue weighted by Gasteiger charge is 2.07. The Labute approximate surface area is 137 Å². The number of carbonyl (C=O) groups is 1. The fourth-order valence-corrected chi connectivity index (χ4v) is 2.53. The van der Waals surface area contributed by atoms with Crippen molar-refractivity contribution < 1.29 is 9.90 Å². The van der Waals surface area contributed by atoms with E-state index >= 15 is 0 Å². The molecule has 0 aromatic carbocycles. The number of aliphatic hydroxyl groups is 1. The van der Waals surface area contributed by atoms with Crippen LogP contribution in [0.3, 0.4) is 0 Å². The predicted molar refractivity (Wildman–Crippen MR) is 94.9 cm³/mol. The highest BCUT2D eigenvalue weighted by molar-refractivity contribution is 5.93. The van der Waals surface area contributed by atoms with Crippen molar-refractivity contribution in [2.24, 2.45) is 5.73 Å². The van der Waals surface area contributed by atoms with Gasteiger partial charge in [-0.15, -0.1) is 0 Å². The maximum absolute atomic E-state index is 11.3. The molecule has 1 atom stereocenters. The lowest BCUT2D eigenvalue weighted by Crippen LogP contribution is -2.27. The summed E-state index contributed by atoms with van der Waals surface area (Å²) in [6.45, 7) is 2.26. The molecular weight excluding hydrogens is 274 g/mol. The molecule has 0 heterocycles. The Balaban J connectivity index is 3.20. The van der Waals surface area contributed by atoms with Gasteiger partial charge in [-0.2, -0.15) is 0 Å². The predicted octanol–water partition coefficient (Wildman–Crippen LogP) is 4.52. The molecule has 0 aliphatic rings. The SMILES string of the molecule is CCCCCCCCCCCCCCC=CC(=O)C(O)CN. The molecule has 0 saturated carbocycles. The Morgan fingerprint density at radius 2 is 1.36 bits per heavy atom. The number of allylic oxidation sites excluding steroid dienone is 1. The van der Waals surface area contributed by atoms with Crippen LogP contribution in [0.25, 0.3) is 0 Å². The van der Waals surface area contributed by atoms with Gasteiger partial charge in [-0.05, 0) is 18.9 Å². The van der Waals surface area contributed by atoms with Crippen LogP contribution in [0.4, 0.5) is 0 Å². The van der Waals surface area contributed by atoms with Crippen LogP contribution in [0.1, 0.15) is 90.4 Å². The Hall–Kier alpha value is -0.670. The number of rotatable bonds is 16. The maximum Gasteiger partial charge on any atom is 0.185 e. The van der Waals surface area contributed by atoms with Crippen LogP contribution < -0.4 is 5.73 Å².